The molecule has 0 aliphatic carbocycles. The average Bonchev–Trinajstić information content (AvgIpc) is 3.22. The molecule has 6 nitrogen and oxygen atoms in total. The van der Waals surface area contributed by atoms with Gasteiger partial charge in [-0.05, 0) is 55.0 Å². The molecule has 0 bridgehead atoms. The Bertz CT molecular complexity index is 1200. The van der Waals surface area contributed by atoms with E-state index in [2.05, 4.69) is 15.5 Å². The number of halogens is 1. The molecule has 0 fully saturated rings. The summed E-state index contributed by atoms with van der Waals surface area (Å²) >= 11 is 7.42. The van der Waals surface area contributed by atoms with Gasteiger partial charge in [-0.15, -0.1) is 10.2 Å². The lowest BCUT2D eigenvalue weighted by Gasteiger charge is -2.12. The summed E-state index contributed by atoms with van der Waals surface area (Å²) in [6.45, 7) is 2.15. The van der Waals surface area contributed by atoms with E-state index >= 15 is 0 Å². The smallest absolute Gasteiger partial charge is 0.234 e. The molecular formula is C24H21ClN4O2S. The first kappa shape index (κ1) is 21.9. The highest BCUT2D eigenvalue weighted by atomic mass is 35.5. The summed E-state index contributed by atoms with van der Waals surface area (Å²) in [5.41, 5.74) is 2.60. The van der Waals surface area contributed by atoms with E-state index in [4.69, 9.17) is 16.3 Å². The number of ether oxygens (including phenoxy) is 1. The second-order valence-corrected chi connectivity index (χ2v) is 8.32. The number of para-hydroxylation sites is 2. The van der Waals surface area contributed by atoms with Crippen LogP contribution in [0, 0.1) is 6.92 Å². The fraction of sp³-hybridized carbons (Fsp3) is 0.125. The van der Waals surface area contributed by atoms with Crippen LogP contribution in [0.4, 0.5) is 5.69 Å². The van der Waals surface area contributed by atoms with Gasteiger partial charge in [-0.3, -0.25) is 9.36 Å². The van der Waals surface area contributed by atoms with E-state index in [1.165, 1.54) is 11.8 Å². The Hall–Kier alpha value is -3.29. The monoisotopic (exact) mass is 464 g/mol. The van der Waals surface area contributed by atoms with Crippen LogP contribution < -0.4 is 10.1 Å². The van der Waals surface area contributed by atoms with Crippen LogP contribution in [0.3, 0.4) is 0 Å². The highest BCUT2D eigenvalue weighted by Gasteiger charge is 2.16. The molecule has 1 heterocycles. The Kier molecular flexibility index (Phi) is 7.09. The Morgan fingerprint density at radius 2 is 1.75 bits per heavy atom. The third kappa shape index (κ3) is 5.49. The van der Waals surface area contributed by atoms with Crippen molar-refractivity contribution in [3.63, 3.8) is 0 Å². The standard InChI is InChI=1S/C24H21ClN4O2S/c1-17-14-20(12-13-21(17)25)31-15-22-27-28-24(29(22)19-10-6-3-7-11-19)32-16-23(30)26-18-8-4-2-5-9-18/h2-14H,15-16H2,1H3,(H,26,30). The van der Waals surface area contributed by atoms with Crippen molar-refractivity contribution in [3.8, 4) is 11.4 Å². The molecule has 8 heteroatoms. The van der Waals surface area contributed by atoms with Gasteiger partial charge in [0.05, 0.1) is 5.75 Å². The molecule has 32 heavy (non-hydrogen) atoms. The van der Waals surface area contributed by atoms with E-state index in [0.717, 1.165) is 16.9 Å². The van der Waals surface area contributed by atoms with Crippen LogP contribution in [0.15, 0.2) is 84.0 Å². The number of amides is 1. The summed E-state index contributed by atoms with van der Waals surface area (Å²) in [7, 11) is 0. The number of nitrogens with one attached hydrogen (secondary N) is 1. The molecule has 0 saturated heterocycles. The third-order valence-electron chi connectivity index (χ3n) is 4.60. The van der Waals surface area contributed by atoms with E-state index in [1.54, 1.807) is 6.07 Å². The van der Waals surface area contributed by atoms with E-state index in [-0.39, 0.29) is 18.3 Å². The summed E-state index contributed by atoms with van der Waals surface area (Å²) in [4.78, 5) is 12.4. The van der Waals surface area contributed by atoms with Crippen molar-refractivity contribution in [1.82, 2.24) is 14.8 Å². The quantitative estimate of drug-likeness (QED) is 0.347. The molecule has 0 radical (unpaired) electrons. The Balaban J connectivity index is 1.50. The number of anilines is 1. The highest BCUT2D eigenvalue weighted by molar-refractivity contribution is 7.99. The lowest BCUT2D eigenvalue weighted by atomic mass is 10.2. The number of benzene rings is 3. The largest absolute Gasteiger partial charge is 0.486 e. The predicted molar refractivity (Wildman–Crippen MR) is 128 cm³/mol. The first-order valence-corrected chi connectivity index (χ1v) is 11.3. The number of nitrogens with zero attached hydrogens (tertiary/aromatic N) is 3. The molecule has 1 amide bonds. The van der Waals surface area contributed by atoms with Gasteiger partial charge < -0.3 is 10.1 Å². The molecule has 162 valence electrons. The maximum Gasteiger partial charge on any atom is 0.234 e. The molecule has 3 aromatic carbocycles. The van der Waals surface area contributed by atoms with Gasteiger partial charge in [0.25, 0.3) is 0 Å². The SMILES string of the molecule is Cc1cc(OCc2nnc(SCC(=O)Nc3ccccc3)n2-c2ccccc2)ccc1Cl. The molecular weight excluding hydrogens is 444 g/mol. The zero-order chi connectivity index (χ0) is 22.3. The number of carbonyl (C=O) groups is 1. The molecule has 0 unspecified atom stereocenters. The number of aromatic nitrogens is 3. The summed E-state index contributed by atoms with van der Waals surface area (Å²) in [6, 6.07) is 24.6. The lowest BCUT2D eigenvalue weighted by molar-refractivity contribution is -0.113. The van der Waals surface area contributed by atoms with Crippen LogP contribution in [-0.2, 0) is 11.4 Å². The molecule has 0 atom stereocenters. The molecule has 1 N–H and O–H groups in total. The number of thioether (sulfide) groups is 1. The molecule has 1 aromatic heterocycles. The van der Waals surface area contributed by atoms with Crippen molar-refractivity contribution in [1.29, 1.82) is 0 Å². The molecule has 0 aliphatic heterocycles. The summed E-state index contributed by atoms with van der Waals surface area (Å²) in [5, 5.41) is 12.8. The molecule has 0 aliphatic rings. The molecule has 4 rings (SSSR count). The Morgan fingerprint density at radius 1 is 1.03 bits per heavy atom. The molecule has 4 aromatic rings. The predicted octanol–water partition coefficient (Wildman–Crippen LogP) is 5.54. The summed E-state index contributed by atoms with van der Waals surface area (Å²) in [6.07, 6.45) is 0. The third-order valence-corrected chi connectivity index (χ3v) is 5.96. The Morgan fingerprint density at radius 3 is 2.47 bits per heavy atom. The van der Waals surface area contributed by atoms with Crippen molar-refractivity contribution < 1.29 is 9.53 Å². The lowest BCUT2D eigenvalue weighted by Crippen LogP contribution is -2.14. The number of hydrogen-bond acceptors (Lipinski definition) is 5. The van der Waals surface area contributed by atoms with Crippen molar-refractivity contribution in [2.45, 2.75) is 18.7 Å². The maximum absolute atomic E-state index is 12.4. The average molecular weight is 465 g/mol. The van der Waals surface area contributed by atoms with Crippen molar-refractivity contribution in [2.24, 2.45) is 0 Å². The minimum absolute atomic E-state index is 0.113. The van der Waals surface area contributed by atoms with E-state index < -0.39 is 0 Å². The van der Waals surface area contributed by atoms with Crippen LogP contribution in [-0.4, -0.2) is 26.4 Å². The van der Waals surface area contributed by atoms with E-state index in [9.17, 15) is 4.79 Å². The second-order valence-electron chi connectivity index (χ2n) is 6.97. The van der Waals surface area contributed by atoms with Crippen molar-refractivity contribution in [2.75, 3.05) is 11.1 Å². The minimum Gasteiger partial charge on any atom is -0.486 e. The van der Waals surface area contributed by atoms with Gasteiger partial charge in [0.2, 0.25) is 5.91 Å². The number of rotatable bonds is 8. The zero-order valence-corrected chi connectivity index (χ0v) is 18.9. The maximum atomic E-state index is 12.4. The van der Waals surface area contributed by atoms with Gasteiger partial charge in [-0.25, -0.2) is 0 Å². The second kappa shape index (κ2) is 10.3. The van der Waals surface area contributed by atoms with Gasteiger partial charge in [0.1, 0.15) is 12.4 Å². The first-order valence-electron chi connectivity index (χ1n) is 9.96. The topological polar surface area (TPSA) is 69.0 Å². The van der Waals surface area contributed by atoms with Crippen molar-refractivity contribution >= 4 is 35.0 Å². The minimum atomic E-state index is -0.113. The summed E-state index contributed by atoms with van der Waals surface area (Å²) in [5.74, 6) is 1.43. The first-order chi connectivity index (χ1) is 15.6. The summed E-state index contributed by atoms with van der Waals surface area (Å²) < 4.78 is 7.84. The van der Waals surface area contributed by atoms with Crippen LogP contribution in [0.1, 0.15) is 11.4 Å². The van der Waals surface area contributed by atoms with Gasteiger partial charge in [-0.1, -0.05) is 59.8 Å². The zero-order valence-electron chi connectivity index (χ0n) is 17.4. The fourth-order valence-electron chi connectivity index (χ4n) is 3.03. The number of carbonyl (C=O) groups excluding carboxylic acids is 1. The number of aryl methyl sites for hydroxylation is 1. The van der Waals surface area contributed by atoms with Crippen LogP contribution in [0.25, 0.3) is 5.69 Å². The Labute approximate surface area is 195 Å². The highest BCUT2D eigenvalue weighted by Crippen LogP contribution is 2.25. The fourth-order valence-corrected chi connectivity index (χ4v) is 3.92. The van der Waals surface area contributed by atoms with Crippen LogP contribution in [0.2, 0.25) is 5.02 Å². The normalized spacial score (nSPS) is 10.7. The van der Waals surface area contributed by atoms with E-state index in [0.29, 0.717) is 21.8 Å². The number of hydrogen-bond donors (Lipinski definition) is 1. The van der Waals surface area contributed by atoms with Gasteiger partial charge >= 0.3 is 0 Å². The molecule has 0 saturated carbocycles. The van der Waals surface area contributed by atoms with E-state index in [1.807, 2.05) is 84.3 Å². The van der Waals surface area contributed by atoms with Crippen LogP contribution in [0.5, 0.6) is 5.75 Å². The van der Waals surface area contributed by atoms with Gasteiger partial charge in [-0.2, -0.15) is 0 Å². The van der Waals surface area contributed by atoms with Crippen LogP contribution >= 0.6 is 23.4 Å². The molecule has 0 spiro atoms. The van der Waals surface area contributed by atoms with Crippen molar-refractivity contribution in [3.05, 3.63) is 95.3 Å². The van der Waals surface area contributed by atoms with Gasteiger partial charge in [0.15, 0.2) is 11.0 Å². The van der Waals surface area contributed by atoms with Gasteiger partial charge in [0, 0.05) is 16.4 Å².